The van der Waals surface area contributed by atoms with E-state index in [9.17, 15) is 14.0 Å². The SMILES string of the molecule is Cc1cc(C)cc(OCC(=O)NNC(=S)NC(=O)c2ccccc2F)c1. The van der Waals surface area contributed by atoms with Crippen molar-refractivity contribution < 1.29 is 18.7 Å². The fraction of sp³-hybridized carbons (Fsp3) is 0.167. The molecule has 0 fully saturated rings. The highest BCUT2D eigenvalue weighted by Gasteiger charge is 2.12. The first kappa shape index (κ1) is 19.3. The van der Waals surface area contributed by atoms with Crippen molar-refractivity contribution in [3.05, 3.63) is 65.0 Å². The van der Waals surface area contributed by atoms with Crippen molar-refractivity contribution >= 4 is 29.1 Å². The second-order valence-corrected chi connectivity index (χ2v) is 5.96. The van der Waals surface area contributed by atoms with Crippen LogP contribution >= 0.6 is 12.2 Å². The van der Waals surface area contributed by atoms with E-state index in [0.717, 1.165) is 17.2 Å². The van der Waals surface area contributed by atoms with Crippen LogP contribution in [-0.2, 0) is 4.79 Å². The Labute approximate surface area is 155 Å². The van der Waals surface area contributed by atoms with Crippen molar-refractivity contribution in [1.29, 1.82) is 0 Å². The first-order valence-electron chi connectivity index (χ1n) is 7.71. The molecule has 0 atom stereocenters. The van der Waals surface area contributed by atoms with Crippen LogP contribution in [0, 0.1) is 19.7 Å². The number of halogens is 1. The van der Waals surface area contributed by atoms with Gasteiger partial charge in [0.2, 0.25) is 0 Å². The summed E-state index contributed by atoms with van der Waals surface area (Å²) in [5, 5.41) is 2.10. The molecule has 0 bridgehead atoms. The smallest absolute Gasteiger partial charge is 0.276 e. The monoisotopic (exact) mass is 375 g/mol. The molecule has 3 N–H and O–H groups in total. The van der Waals surface area contributed by atoms with Crippen molar-refractivity contribution in [1.82, 2.24) is 16.2 Å². The van der Waals surface area contributed by atoms with Gasteiger partial charge in [0.1, 0.15) is 11.6 Å². The molecule has 0 saturated heterocycles. The fourth-order valence-corrected chi connectivity index (χ4v) is 2.32. The molecule has 26 heavy (non-hydrogen) atoms. The second-order valence-electron chi connectivity index (χ2n) is 5.55. The number of benzene rings is 2. The lowest BCUT2D eigenvalue weighted by molar-refractivity contribution is -0.123. The molecule has 136 valence electrons. The summed E-state index contributed by atoms with van der Waals surface area (Å²) in [5.41, 5.74) is 6.54. The van der Waals surface area contributed by atoms with Gasteiger partial charge in [-0.15, -0.1) is 0 Å². The van der Waals surface area contributed by atoms with E-state index >= 15 is 0 Å². The number of carbonyl (C=O) groups is 2. The number of hydrazine groups is 1. The van der Waals surface area contributed by atoms with Gasteiger partial charge >= 0.3 is 0 Å². The van der Waals surface area contributed by atoms with E-state index in [1.807, 2.05) is 32.0 Å². The third-order valence-electron chi connectivity index (χ3n) is 3.23. The van der Waals surface area contributed by atoms with Crippen LogP contribution in [0.15, 0.2) is 42.5 Å². The Morgan fingerprint density at radius 3 is 2.38 bits per heavy atom. The zero-order chi connectivity index (χ0) is 19.1. The lowest BCUT2D eigenvalue weighted by Gasteiger charge is -2.12. The third-order valence-corrected chi connectivity index (χ3v) is 3.43. The number of hydrogen-bond acceptors (Lipinski definition) is 4. The standard InChI is InChI=1S/C18H18FN3O3S/c1-11-7-12(2)9-13(8-11)25-10-16(23)21-22-18(26)20-17(24)14-5-3-4-6-15(14)19/h3-9H,10H2,1-2H3,(H,21,23)(H2,20,22,24,26). The molecular weight excluding hydrogens is 357 g/mol. The molecule has 6 nitrogen and oxygen atoms in total. The highest BCUT2D eigenvalue weighted by Crippen LogP contribution is 2.15. The van der Waals surface area contributed by atoms with Gasteiger partial charge in [-0.25, -0.2) is 4.39 Å². The van der Waals surface area contributed by atoms with Gasteiger partial charge < -0.3 is 4.74 Å². The van der Waals surface area contributed by atoms with Gasteiger partial charge in [0.15, 0.2) is 11.7 Å². The molecule has 0 saturated carbocycles. The Morgan fingerprint density at radius 2 is 1.73 bits per heavy atom. The molecule has 0 aliphatic rings. The van der Waals surface area contributed by atoms with E-state index in [2.05, 4.69) is 16.2 Å². The van der Waals surface area contributed by atoms with Gasteiger partial charge in [0.05, 0.1) is 5.56 Å². The Kier molecular flexibility index (Phi) is 6.62. The summed E-state index contributed by atoms with van der Waals surface area (Å²) in [4.78, 5) is 23.6. The third kappa shape index (κ3) is 5.82. The minimum Gasteiger partial charge on any atom is -0.484 e. The van der Waals surface area contributed by atoms with E-state index in [1.165, 1.54) is 18.2 Å². The summed E-state index contributed by atoms with van der Waals surface area (Å²) >= 11 is 4.88. The quantitative estimate of drug-likeness (QED) is 0.564. The predicted molar refractivity (Wildman–Crippen MR) is 99.2 cm³/mol. The predicted octanol–water partition coefficient (Wildman–Crippen LogP) is 2.16. The van der Waals surface area contributed by atoms with Crippen LogP contribution in [0.2, 0.25) is 0 Å². The maximum Gasteiger partial charge on any atom is 0.276 e. The van der Waals surface area contributed by atoms with Crippen LogP contribution in [-0.4, -0.2) is 23.5 Å². The highest BCUT2D eigenvalue weighted by molar-refractivity contribution is 7.80. The molecule has 0 aromatic heterocycles. The number of rotatable bonds is 4. The van der Waals surface area contributed by atoms with Crippen molar-refractivity contribution in [2.75, 3.05) is 6.61 Å². The Balaban J connectivity index is 1.77. The molecule has 0 unspecified atom stereocenters. The van der Waals surface area contributed by atoms with Crippen LogP contribution < -0.4 is 20.9 Å². The summed E-state index contributed by atoms with van der Waals surface area (Å²) < 4.78 is 18.9. The van der Waals surface area contributed by atoms with Gasteiger partial charge in [-0.05, 0) is 61.5 Å². The van der Waals surface area contributed by atoms with Crippen molar-refractivity contribution in [3.63, 3.8) is 0 Å². The molecule has 0 heterocycles. The Hall–Kier alpha value is -3.00. The lowest BCUT2D eigenvalue weighted by Crippen LogP contribution is -2.49. The van der Waals surface area contributed by atoms with Gasteiger partial charge in [0, 0.05) is 0 Å². The van der Waals surface area contributed by atoms with E-state index in [4.69, 9.17) is 17.0 Å². The maximum absolute atomic E-state index is 13.5. The molecular formula is C18H18FN3O3S. The topological polar surface area (TPSA) is 79.5 Å². The van der Waals surface area contributed by atoms with Crippen molar-refractivity contribution in [3.8, 4) is 5.75 Å². The summed E-state index contributed by atoms with van der Waals surface area (Å²) in [6.45, 7) is 3.62. The zero-order valence-electron chi connectivity index (χ0n) is 14.3. The zero-order valence-corrected chi connectivity index (χ0v) is 15.1. The number of thiocarbonyl (C=S) groups is 1. The Bertz CT molecular complexity index is 822. The summed E-state index contributed by atoms with van der Waals surface area (Å²) in [7, 11) is 0. The van der Waals surface area contributed by atoms with Crippen molar-refractivity contribution in [2.24, 2.45) is 0 Å². The number of aryl methyl sites for hydroxylation is 2. The molecule has 2 amide bonds. The second kappa shape index (κ2) is 8.91. The van der Waals surface area contributed by atoms with Gasteiger partial charge in [-0.3, -0.25) is 25.8 Å². The fourth-order valence-electron chi connectivity index (χ4n) is 2.17. The molecule has 0 aliphatic carbocycles. The maximum atomic E-state index is 13.5. The average Bonchev–Trinajstić information content (AvgIpc) is 2.57. The molecule has 2 aromatic rings. The summed E-state index contributed by atoms with van der Waals surface area (Å²) in [6.07, 6.45) is 0. The van der Waals surface area contributed by atoms with E-state index in [-0.39, 0.29) is 17.3 Å². The van der Waals surface area contributed by atoms with Crippen LogP contribution in [0.25, 0.3) is 0 Å². The lowest BCUT2D eigenvalue weighted by atomic mass is 10.1. The minimum atomic E-state index is -0.721. The largest absolute Gasteiger partial charge is 0.484 e. The van der Waals surface area contributed by atoms with E-state index < -0.39 is 17.6 Å². The van der Waals surface area contributed by atoms with Gasteiger partial charge in [-0.2, -0.15) is 0 Å². The normalized spacial score (nSPS) is 9.96. The first-order chi connectivity index (χ1) is 12.3. The van der Waals surface area contributed by atoms with Crippen LogP contribution in [0.1, 0.15) is 21.5 Å². The van der Waals surface area contributed by atoms with E-state index in [0.29, 0.717) is 5.75 Å². The average molecular weight is 375 g/mol. The highest BCUT2D eigenvalue weighted by atomic mass is 32.1. The van der Waals surface area contributed by atoms with Gasteiger partial charge in [-0.1, -0.05) is 18.2 Å². The molecule has 8 heteroatoms. The summed E-state index contributed by atoms with van der Waals surface area (Å²) in [6, 6.07) is 11.1. The molecule has 0 aliphatic heterocycles. The molecule has 0 spiro atoms. The van der Waals surface area contributed by atoms with Crippen LogP contribution in [0.4, 0.5) is 4.39 Å². The molecule has 2 rings (SSSR count). The molecule has 0 radical (unpaired) electrons. The van der Waals surface area contributed by atoms with Crippen LogP contribution in [0.3, 0.4) is 0 Å². The number of ether oxygens (including phenoxy) is 1. The number of amides is 2. The number of carbonyl (C=O) groups excluding carboxylic acids is 2. The number of hydrogen-bond donors (Lipinski definition) is 3. The van der Waals surface area contributed by atoms with E-state index in [1.54, 1.807) is 0 Å². The number of nitrogens with one attached hydrogen (secondary N) is 3. The summed E-state index contributed by atoms with van der Waals surface area (Å²) in [5.74, 6) is -1.31. The van der Waals surface area contributed by atoms with Crippen LogP contribution in [0.5, 0.6) is 5.75 Å². The Morgan fingerprint density at radius 1 is 1.08 bits per heavy atom. The first-order valence-corrected chi connectivity index (χ1v) is 8.12. The van der Waals surface area contributed by atoms with Gasteiger partial charge in [0.25, 0.3) is 11.8 Å². The van der Waals surface area contributed by atoms with Crippen molar-refractivity contribution in [2.45, 2.75) is 13.8 Å². The molecule has 2 aromatic carbocycles. The minimum absolute atomic E-state index is 0.152.